The Morgan fingerprint density at radius 3 is 2.58 bits per heavy atom. The molecule has 1 fully saturated rings. The lowest BCUT2D eigenvalue weighted by atomic mass is 10.1. The quantitative estimate of drug-likeness (QED) is 0.453. The van der Waals surface area contributed by atoms with Crippen LogP contribution in [-0.2, 0) is 21.9 Å². The maximum absolute atomic E-state index is 12.0. The standard InChI is InChI=1S/C15H27N5O3S/c1-20-12-14(10-18-20)24(22,23)19-11-15(21)17-9-8-16-13-6-4-2-3-5-7-13/h10,12-13,16,19H,2-9,11H2,1H3,(H,17,21). The monoisotopic (exact) mass is 357 g/mol. The van der Waals surface area contributed by atoms with E-state index in [0.717, 1.165) is 0 Å². The lowest BCUT2D eigenvalue weighted by Crippen LogP contribution is -2.41. The summed E-state index contributed by atoms with van der Waals surface area (Å²) in [7, 11) is -2.06. The number of hydrogen-bond donors (Lipinski definition) is 3. The molecule has 0 aromatic carbocycles. The van der Waals surface area contributed by atoms with Crippen LogP contribution < -0.4 is 15.4 Å². The third-order valence-electron chi connectivity index (χ3n) is 4.15. The Kier molecular flexibility index (Phi) is 7.19. The summed E-state index contributed by atoms with van der Waals surface area (Å²) in [5.74, 6) is -0.342. The summed E-state index contributed by atoms with van der Waals surface area (Å²) in [6, 6.07) is 0.536. The lowest BCUT2D eigenvalue weighted by molar-refractivity contribution is -0.119. The summed E-state index contributed by atoms with van der Waals surface area (Å²) in [6.45, 7) is 0.913. The molecule has 0 unspecified atom stereocenters. The molecule has 1 amide bonds. The van der Waals surface area contributed by atoms with Crippen LogP contribution >= 0.6 is 0 Å². The third kappa shape index (κ3) is 6.21. The molecule has 136 valence electrons. The first-order valence-electron chi connectivity index (χ1n) is 8.46. The van der Waals surface area contributed by atoms with Crippen molar-refractivity contribution >= 4 is 15.9 Å². The molecule has 1 aromatic heterocycles. The molecule has 8 nitrogen and oxygen atoms in total. The first kappa shape index (κ1) is 18.9. The molecule has 0 atom stereocenters. The van der Waals surface area contributed by atoms with Crippen molar-refractivity contribution in [3.8, 4) is 0 Å². The van der Waals surface area contributed by atoms with Crippen molar-refractivity contribution < 1.29 is 13.2 Å². The summed E-state index contributed by atoms with van der Waals surface area (Å²) in [5, 5.41) is 9.98. The summed E-state index contributed by atoms with van der Waals surface area (Å²) in [4.78, 5) is 11.8. The van der Waals surface area contributed by atoms with Gasteiger partial charge in [-0.3, -0.25) is 9.48 Å². The first-order valence-corrected chi connectivity index (χ1v) is 9.94. The largest absolute Gasteiger partial charge is 0.354 e. The second kappa shape index (κ2) is 9.14. The molecule has 24 heavy (non-hydrogen) atoms. The number of hydrogen-bond acceptors (Lipinski definition) is 5. The van der Waals surface area contributed by atoms with Crippen molar-refractivity contribution in [2.75, 3.05) is 19.6 Å². The number of nitrogens with one attached hydrogen (secondary N) is 3. The highest BCUT2D eigenvalue weighted by atomic mass is 32.2. The van der Waals surface area contributed by atoms with Crippen LogP contribution in [0.1, 0.15) is 38.5 Å². The Labute approximate surface area is 143 Å². The summed E-state index contributed by atoms with van der Waals surface area (Å²) < 4.78 is 27.6. The fourth-order valence-corrected chi connectivity index (χ4v) is 3.77. The number of amides is 1. The van der Waals surface area contributed by atoms with Gasteiger partial charge in [-0.2, -0.15) is 5.10 Å². The van der Waals surface area contributed by atoms with E-state index in [-0.39, 0.29) is 17.3 Å². The smallest absolute Gasteiger partial charge is 0.244 e. The second-order valence-corrected chi connectivity index (χ2v) is 7.93. The van der Waals surface area contributed by atoms with Crippen molar-refractivity contribution in [1.82, 2.24) is 25.1 Å². The topological polar surface area (TPSA) is 105 Å². The number of sulfonamides is 1. The van der Waals surface area contributed by atoms with Gasteiger partial charge in [-0.1, -0.05) is 25.7 Å². The van der Waals surface area contributed by atoms with Crippen LogP contribution in [0.15, 0.2) is 17.3 Å². The van der Waals surface area contributed by atoms with Gasteiger partial charge in [-0.05, 0) is 12.8 Å². The number of rotatable bonds is 8. The molecule has 1 aliphatic carbocycles. The fraction of sp³-hybridized carbons (Fsp3) is 0.733. The normalized spacial score (nSPS) is 16.7. The Balaban J connectivity index is 1.62. The molecule has 0 bridgehead atoms. The van der Waals surface area contributed by atoms with Crippen molar-refractivity contribution in [3.63, 3.8) is 0 Å². The number of carbonyl (C=O) groups excluding carboxylic acids is 1. The molecule has 1 aliphatic rings. The van der Waals surface area contributed by atoms with Crippen LogP contribution in [-0.4, -0.2) is 49.8 Å². The second-order valence-electron chi connectivity index (χ2n) is 6.17. The molecule has 1 heterocycles. The number of carbonyl (C=O) groups is 1. The van der Waals surface area contributed by atoms with E-state index in [0.29, 0.717) is 19.1 Å². The van der Waals surface area contributed by atoms with E-state index in [4.69, 9.17) is 0 Å². The van der Waals surface area contributed by atoms with Crippen molar-refractivity contribution in [2.45, 2.75) is 49.5 Å². The molecule has 0 spiro atoms. The summed E-state index contributed by atoms with van der Waals surface area (Å²) in [6.07, 6.45) is 10.2. The fourth-order valence-electron chi connectivity index (χ4n) is 2.81. The lowest BCUT2D eigenvalue weighted by Gasteiger charge is -2.16. The van der Waals surface area contributed by atoms with Crippen LogP contribution in [0.5, 0.6) is 0 Å². The predicted octanol–water partition coefficient (Wildman–Crippen LogP) is 0.127. The highest BCUT2D eigenvalue weighted by Gasteiger charge is 2.17. The number of aromatic nitrogens is 2. The average molecular weight is 357 g/mol. The molecular weight excluding hydrogens is 330 g/mol. The molecule has 0 radical (unpaired) electrons. The molecular formula is C15H27N5O3S. The molecule has 9 heteroatoms. The minimum absolute atomic E-state index is 0.0489. The van der Waals surface area contributed by atoms with Gasteiger partial charge < -0.3 is 10.6 Å². The minimum atomic E-state index is -3.70. The summed E-state index contributed by atoms with van der Waals surface area (Å²) >= 11 is 0. The van der Waals surface area contributed by atoms with E-state index in [9.17, 15) is 13.2 Å². The summed E-state index contributed by atoms with van der Waals surface area (Å²) in [5.41, 5.74) is 0. The van der Waals surface area contributed by atoms with E-state index in [2.05, 4.69) is 20.5 Å². The molecule has 3 N–H and O–H groups in total. The van der Waals surface area contributed by atoms with Crippen LogP contribution in [0.4, 0.5) is 0 Å². The Morgan fingerprint density at radius 1 is 1.25 bits per heavy atom. The molecule has 0 aliphatic heterocycles. The molecule has 2 rings (SSSR count). The van der Waals surface area contributed by atoms with Gasteiger partial charge in [0.1, 0.15) is 4.90 Å². The van der Waals surface area contributed by atoms with Gasteiger partial charge in [-0.25, -0.2) is 13.1 Å². The zero-order valence-corrected chi connectivity index (χ0v) is 14.9. The zero-order valence-electron chi connectivity index (χ0n) is 14.1. The Bertz CT molecular complexity index is 621. The van der Waals surface area contributed by atoms with E-state index in [1.807, 2.05) is 0 Å². The van der Waals surface area contributed by atoms with Crippen LogP contribution in [0.2, 0.25) is 0 Å². The van der Waals surface area contributed by atoms with Gasteiger partial charge in [0.15, 0.2) is 0 Å². The highest BCUT2D eigenvalue weighted by Crippen LogP contribution is 2.16. The van der Waals surface area contributed by atoms with E-state index >= 15 is 0 Å². The van der Waals surface area contributed by atoms with Gasteiger partial charge >= 0.3 is 0 Å². The first-order chi connectivity index (χ1) is 11.5. The maximum atomic E-state index is 12.0. The van der Waals surface area contributed by atoms with Crippen molar-refractivity contribution in [3.05, 3.63) is 12.4 Å². The van der Waals surface area contributed by atoms with Gasteiger partial charge in [0.05, 0.1) is 12.7 Å². The Hall–Kier alpha value is -1.45. The van der Waals surface area contributed by atoms with Gasteiger partial charge in [-0.15, -0.1) is 0 Å². The van der Waals surface area contributed by atoms with E-state index in [1.165, 1.54) is 55.6 Å². The van der Waals surface area contributed by atoms with Crippen molar-refractivity contribution in [1.29, 1.82) is 0 Å². The molecule has 1 saturated carbocycles. The zero-order chi connectivity index (χ0) is 17.4. The van der Waals surface area contributed by atoms with Crippen LogP contribution in [0.3, 0.4) is 0 Å². The SMILES string of the molecule is Cn1cc(S(=O)(=O)NCC(=O)NCCNC2CCCCCC2)cn1. The Morgan fingerprint density at radius 2 is 1.96 bits per heavy atom. The highest BCUT2D eigenvalue weighted by molar-refractivity contribution is 7.89. The molecule has 1 aromatic rings. The van der Waals surface area contributed by atoms with Gasteiger partial charge in [0, 0.05) is 32.4 Å². The van der Waals surface area contributed by atoms with Gasteiger partial charge in [0.25, 0.3) is 0 Å². The maximum Gasteiger partial charge on any atom is 0.244 e. The predicted molar refractivity (Wildman–Crippen MR) is 90.9 cm³/mol. The van der Waals surface area contributed by atoms with E-state index in [1.54, 1.807) is 7.05 Å². The molecule has 0 saturated heterocycles. The minimum Gasteiger partial charge on any atom is -0.354 e. The third-order valence-corrected chi connectivity index (χ3v) is 5.51. The van der Waals surface area contributed by atoms with Crippen LogP contribution in [0.25, 0.3) is 0 Å². The van der Waals surface area contributed by atoms with E-state index < -0.39 is 10.0 Å². The van der Waals surface area contributed by atoms with Crippen LogP contribution in [0, 0.1) is 0 Å². The van der Waals surface area contributed by atoms with Crippen molar-refractivity contribution in [2.24, 2.45) is 7.05 Å². The number of nitrogens with zero attached hydrogens (tertiary/aromatic N) is 2. The number of aryl methyl sites for hydroxylation is 1. The average Bonchev–Trinajstić information content (AvgIpc) is 2.83. The van der Waals surface area contributed by atoms with Gasteiger partial charge in [0.2, 0.25) is 15.9 Å².